The third-order valence-electron chi connectivity index (χ3n) is 3.29. The summed E-state index contributed by atoms with van der Waals surface area (Å²) in [5, 5.41) is 5.62. The fraction of sp³-hybridized carbons (Fsp3) is 0.176. The highest BCUT2D eigenvalue weighted by molar-refractivity contribution is 7.16. The lowest BCUT2D eigenvalue weighted by Crippen LogP contribution is -2.16. The van der Waals surface area contributed by atoms with Crippen LogP contribution in [0.4, 0.5) is 0 Å². The summed E-state index contributed by atoms with van der Waals surface area (Å²) in [7, 11) is 0. The lowest BCUT2D eigenvalue weighted by atomic mass is 10.2. The van der Waals surface area contributed by atoms with Crippen LogP contribution in [0.5, 0.6) is 0 Å². The highest BCUT2D eigenvalue weighted by Crippen LogP contribution is 2.13. The molecular formula is C17H14ClN3O3S. The van der Waals surface area contributed by atoms with Crippen molar-refractivity contribution in [2.75, 3.05) is 0 Å². The van der Waals surface area contributed by atoms with Crippen LogP contribution in [0.1, 0.15) is 23.2 Å². The molecule has 0 amide bonds. The van der Waals surface area contributed by atoms with E-state index in [2.05, 4.69) is 10.1 Å². The number of nitrogens with zero attached hydrogens (tertiary/aromatic N) is 3. The van der Waals surface area contributed by atoms with Crippen LogP contribution in [0.25, 0.3) is 11.0 Å². The van der Waals surface area contributed by atoms with E-state index in [9.17, 15) is 9.59 Å². The van der Waals surface area contributed by atoms with Gasteiger partial charge in [-0.05, 0) is 30.2 Å². The van der Waals surface area contributed by atoms with Crippen molar-refractivity contribution in [2.24, 2.45) is 0 Å². The molecule has 3 aromatic rings. The van der Waals surface area contributed by atoms with Crippen LogP contribution in [0.3, 0.4) is 0 Å². The molecule has 0 atom stereocenters. The van der Waals surface area contributed by atoms with E-state index in [-0.39, 0.29) is 12.2 Å². The minimum absolute atomic E-state index is 0.0745. The molecule has 0 N–H and O–H groups in total. The van der Waals surface area contributed by atoms with Crippen molar-refractivity contribution in [3.8, 4) is 0 Å². The third-order valence-corrected chi connectivity index (χ3v) is 4.59. The molecule has 0 aliphatic carbocycles. The molecule has 0 saturated carbocycles. The van der Waals surface area contributed by atoms with E-state index in [4.69, 9.17) is 16.3 Å². The van der Waals surface area contributed by atoms with Gasteiger partial charge in [0.1, 0.15) is 11.6 Å². The van der Waals surface area contributed by atoms with Crippen molar-refractivity contribution in [2.45, 2.75) is 20.0 Å². The molecule has 0 radical (unpaired) electrons. The number of ether oxygens (including phenoxy) is 1. The van der Waals surface area contributed by atoms with Gasteiger partial charge in [0.2, 0.25) is 4.96 Å². The molecule has 6 nitrogen and oxygen atoms in total. The van der Waals surface area contributed by atoms with E-state index >= 15 is 0 Å². The average molecular weight is 376 g/mol. The first kappa shape index (κ1) is 17.3. The standard InChI is InChI=1S/C17H14ClN3O3S/c1-2-14-20-21-15(22)9-13(19-17(21)25-14)10-24-16(23)8-5-11-3-6-12(18)7-4-11/h3-9H,2,10H2,1H3/b8-5+. The number of carbonyl (C=O) groups excluding carboxylic acids is 1. The molecule has 128 valence electrons. The van der Waals surface area contributed by atoms with Crippen LogP contribution in [0, 0.1) is 0 Å². The zero-order chi connectivity index (χ0) is 17.8. The van der Waals surface area contributed by atoms with Crippen LogP contribution in [-0.2, 0) is 22.6 Å². The summed E-state index contributed by atoms with van der Waals surface area (Å²) in [6, 6.07) is 8.37. The summed E-state index contributed by atoms with van der Waals surface area (Å²) in [5.74, 6) is -0.518. The van der Waals surface area contributed by atoms with E-state index < -0.39 is 5.97 Å². The molecule has 3 rings (SSSR count). The van der Waals surface area contributed by atoms with Crippen LogP contribution in [-0.4, -0.2) is 20.6 Å². The molecule has 2 heterocycles. The highest BCUT2D eigenvalue weighted by Gasteiger charge is 2.09. The molecule has 0 saturated heterocycles. The molecule has 2 aromatic heterocycles. The topological polar surface area (TPSA) is 73.6 Å². The number of benzene rings is 1. The first-order valence-corrected chi connectivity index (χ1v) is 8.73. The summed E-state index contributed by atoms with van der Waals surface area (Å²) in [4.78, 5) is 28.6. The number of aromatic nitrogens is 3. The summed E-state index contributed by atoms with van der Waals surface area (Å²) >= 11 is 7.15. The number of rotatable bonds is 5. The van der Waals surface area contributed by atoms with E-state index in [1.54, 1.807) is 30.3 Å². The Balaban J connectivity index is 1.66. The first-order chi connectivity index (χ1) is 12.0. The zero-order valence-electron chi connectivity index (χ0n) is 13.3. The van der Waals surface area contributed by atoms with Crippen LogP contribution in [0.2, 0.25) is 5.02 Å². The van der Waals surface area contributed by atoms with E-state index in [0.717, 1.165) is 17.0 Å². The van der Waals surface area contributed by atoms with Crippen LogP contribution < -0.4 is 5.56 Å². The Kier molecular flexibility index (Phi) is 5.25. The van der Waals surface area contributed by atoms with Crippen molar-refractivity contribution < 1.29 is 9.53 Å². The van der Waals surface area contributed by atoms with Gasteiger partial charge in [0.05, 0.1) is 5.69 Å². The number of carbonyl (C=O) groups is 1. The highest BCUT2D eigenvalue weighted by atomic mass is 35.5. The largest absolute Gasteiger partial charge is 0.456 e. The zero-order valence-corrected chi connectivity index (χ0v) is 14.9. The van der Waals surface area contributed by atoms with Crippen molar-refractivity contribution in [3.05, 3.63) is 68.0 Å². The Morgan fingerprint density at radius 2 is 2.12 bits per heavy atom. The smallest absolute Gasteiger partial charge is 0.331 e. The normalized spacial score (nSPS) is 11.3. The quantitative estimate of drug-likeness (QED) is 0.506. The van der Waals surface area contributed by atoms with E-state index in [0.29, 0.717) is 15.7 Å². The second-order valence-electron chi connectivity index (χ2n) is 5.12. The van der Waals surface area contributed by atoms with Gasteiger partial charge in [-0.15, -0.1) is 0 Å². The van der Waals surface area contributed by atoms with Gasteiger partial charge in [-0.3, -0.25) is 4.79 Å². The molecular weight excluding hydrogens is 362 g/mol. The fourth-order valence-corrected chi connectivity index (χ4v) is 3.03. The van der Waals surface area contributed by atoms with Crippen molar-refractivity contribution in [3.63, 3.8) is 0 Å². The number of hydrogen-bond donors (Lipinski definition) is 0. The number of halogens is 1. The molecule has 0 unspecified atom stereocenters. The van der Waals surface area contributed by atoms with Gasteiger partial charge in [0.15, 0.2) is 0 Å². The van der Waals surface area contributed by atoms with Crippen molar-refractivity contribution in [1.82, 2.24) is 14.6 Å². The minimum atomic E-state index is -0.518. The van der Waals surface area contributed by atoms with Crippen LogP contribution >= 0.6 is 22.9 Å². The van der Waals surface area contributed by atoms with E-state index in [1.807, 2.05) is 6.92 Å². The molecule has 8 heteroatoms. The molecule has 25 heavy (non-hydrogen) atoms. The van der Waals surface area contributed by atoms with Gasteiger partial charge in [-0.25, -0.2) is 9.78 Å². The van der Waals surface area contributed by atoms with Gasteiger partial charge < -0.3 is 4.74 Å². The molecule has 0 bridgehead atoms. The molecule has 1 aromatic carbocycles. The monoisotopic (exact) mass is 375 g/mol. The van der Waals surface area contributed by atoms with Gasteiger partial charge in [0, 0.05) is 17.2 Å². The van der Waals surface area contributed by atoms with Gasteiger partial charge in [0.25, 0.3) is 5.56 Å². The maximum Gasteiger partial charge on any atom is 0.331 e. The van der Waals surface area contributed by atoms with E-state index in [1.165, 1.54) is 28.0 Å². The maximum atomic E-state index is 12.0. The van der Waals surface area contributed by atoms with Gasteiger partial charge >= 0.3 is 5.97 Å². The first-order valence-electron chi connectivity index (χ1n) is 7.54. The minimum Gasteiger partial charge on any atom is -0.456 e. The summed E-state index contributed by atoms with van der Waals surface area (Å²) in [6.07, 6.45) is 3.67. The average Bonchev–Trinajstić information content (AvgIpc) is 3.03. The Labute approximate surface area is 152 Å². The summed E-state index contributed by atoms with van der Waals surface area (Å²) in [6.45, 7) is 1.88. The lowest BCUT2D eigenvalue weighted by Gasteiger charge is -2.01. The number of esters is 1. The predicted octanol–water partition coefficient (Wildman–Crippen LogP) is 3.12. The molecule has 0 spiro atoms. The SMILES string of the molecule is CCc1nn2c(=O)cc(COC(=O)/C=C/c3ccc(Cl)cc3)nc2s1. The lowest BCUT2D eigenvalue weighted by molar-refractivity contribution is -0.139. The maximum absolute atomic E-state index is 12.0. The predicted molar refractivity (Wildman–Crippen MR) is 96.8 cm³/mol. The second-order valence-corrected chi connectivity index (χ2v) is 6.60. The fourth-order valence-electron chi connectivity index (χ4n) is 2.04. The number of fused-ring (bicyclic) bond motifs is 1. The third kappa shape index (κ3) is 4.32. The molecule has 0 aliphatic rings. The molecule has 0 fully saturated rings. The Hall–Kier alpha value is -2.51. The number of aryl methyl sites for hydroxylation is 1. The summed E-state index contributed by atoms with van der Waals surface area (Å²) in [5.41, 5.74) is 0.934. The molecule has 0 aliphatic heterocycles. The summed E-state index contributed by atoms with van der Waals surface area (Å²) < 4.78 is 6.39. The Morgan fingerprint density at radius 3 is 2.84 bits per heavy atom. The second kappa shape index (κ2) is 7.58. The Bertz CT molecular complexity index is 993. The van der Waals surface area contributed by atoms with Gasteiger partial charge in [-0.1, -0.05) is 42.0 Å². The van der Waals surface area contributed by atoms with Crippen molar-refractivity contribution in [1.29, 1.82) is 0 Å². The van der Waals surface area contributed by atoms with Crippen molar-refractivity contribution >= 4 is 39.9 Å². The van der Waals surface area contributed by atoms with Crippen LogP contribution in [0.15, 0.2) is 41.2 Å². The number of hydrogen-bond acceptors (Lipinski definition) is 6. The Morgan fingerprint density at radius 1 is 1.36 bits per heavy atom. The van der Waals surface area contributed by atoms with Gasteiger partial charge in [-0.2, -0.15) is 9.61 Å².